The molecule has 0 fully saturated rings. The molecule has 8 nitrogen and oxygen atoms in total. The molecule has 0 aromatic heterocycles. The molecule has 0 aliphatic heterocycles. The molecular weight excluding hydrogens is 536 g/mol. The minimum atomic E-state index is -4.14. The maximum Gasteiger partial charge on any atom is 0.264 e. The average molecular weight is 563 g/mol. The second-order valence-electron chi connectivity index (χ2n) is 7.57. The summed E-state index contributed by atoms with van der Waals surface area (Å²) in [5.41, 5.74) is 1.20. The number of rotatable bonds is 10. The highest BCUT2D eigenvalue weighted by Gasteiger charge is 2.29. The van der Waals surface area contributed by atoms with Crippen molar-refractivity contribution in [2.45, 2.75) is 17.9 Å². The zero-order valence-corrected chi connectivity index (χ0v) is 22.2. The molecule has 3 rings (SSSR count). The smallest absolute Gasteiger partial charge is 0.264 e. The lowest BCUT2D eigenvalue weighted by atomic mass is 10.1. The van der Waals surface area contributed by atoms with Crippen molar-refractivity contribution in [3.8, 4) is 17.2 Å². The van der Waals surface area contributed by atoms with Crippen molar-refractivity contribution in [3.63, 3.8) is 0 Å². The number of methoxy groups -OCH3 is 3. The average Bonchev–Trinajstić information content (AvgIpc) is 2.87. The predicted octanol–water partition coefficient (Wildman–Crippen LogP) is 4.55. The number of hydrogen-bond donors (Lipinski definition) is 1. The van der Waals surface area contributed by atoms with Gasteiger partial charge < -0.3 is 19.5 Å². The maximum atomic E-state index is 13.7. The fourth-order valence-electron chi connectivity index (χ4n) is 3.42. The lowest BCUT2D eigenvalue weighted by Gasteiger charge is -2.25. The Morgan fingerprint density at radius 1 is 0.914 bits per heavy atom. The highest BCUT2D eigenvalue weighted by Crippen LogP contribution is 2.32. The minimum absolute atomic E-state index is 0.0419. The van der Waals surface area contributed by atoms with Crippen LogP contribution in [0.15, 0.2) is 76.1 Å². The topological polar surface area (TPSA) is 94.2 Å². The number of nitrogens with zero attached hydrogens (tertiary/aromatic N) is 1. The SMILES string of the molecule is COc1ccc(N(CC(=O)N[C@H](C)c2ccc(Br)cc2)S(=O)(=O)c2ccc(OC)c(OC)c2)cc1. The molecular formula is C25H27BrN2O6S. The second kappa shape index (κ2) is 11.5. The van der Waals surface area contributed by atoms with Gasteiger partial charge in [-0.05, 0) is 61.0 Å². The first-order valence-electron chi connectivity index (χ1n) is 10.6. The van der Waals surface area contributed by atoms with E-state index in [0.717, 1.165) is 14.3 Å². The van der Waals surface area contributed by atoms with Crippen LogP contribution in [0.2, 0.25) is 0 Å². The first-order valence-corrected chi connectivity index (χ1v) is 12.9. The Bertz CT molecular complexity index is 1260. The Hall–Kier alpha value is -3.24. The van der Waals surface area contributed by atoms with E-state index in [1.165, 1.54) is 39.5 Å². The van der Waals surface area contributed by atoms with Gasteiger partial charge in [0, 0.05) is 10.5 Å². The van der Waals surface area contributed by atoms with Crippen LogP contribution in [0, 0.1) is 0 Å². The van der Waals surface area contributed by atoms with E-state index in [9.17, 15) is 13.2 Å². The molecule has 0 aliphatic carbocycles. The molecule has 3 aromatic carbocycles. The van der Waals surface area contributed by atoms with Gasteiger partial charge in [-0.3, -0.25) is 9.10 Å². The van der Waals surface area contributed by atoms with Gasteiger partial charge in [0.15, 0.2) is 11.5 Å². The van der Waals surface area contributed by atoms with E-state index >= 15 is 0 Å². The highest BCUT2D eigenvalue weighted by molar-refractivity contribution is 9.10. The zero-order chi connectivity index (χ0) is 25.6. The molecule has 10 heteroatoms. The predicted molar refractivity (Wildman–Crippen MR) is 138 cm³/mol. The quantitative estimate of drug-likeness (QED) is 0.389. The summed E-state index contributed by atoms with van der Waals surface area (Å²) in [6.45, 7) is 1.41. The van der Waals surface area contributed by atoms with Crippen LogP contribution < -0.4 is 23.8 Å². The van der Waals surface area contributed by atoms with Crippen LogP contribution in [-0.4, -0.2) is 42.2 Å². The summed E-state index contributed by atoms with van der Waals surface area (Å²) in [6, 6.07) is 17.9. The molecule has 186 valence electrons. The number of sulfonamides is 1. The van der Waals surface area contributed by atoms with Crippen molar-refractivity contribution in [1.29, 1.82) is 0 Å². The number of hydrogen-bond acceptors (Lipinski definition) is 6. The largest absolute Gasteiger partial charge is 0.497 e. The third-order valence-corrected chi connectivity index (χ3v) is 7.64. The number of nitrogens with one attached hydrogen (secondary N) is 1. The third kappa shape index (κ3) is 6.26. The van der Waals surface area contributed by atoms with Gasteiger partial charge in [0.2, 0.25) is 5.91 Å². The van der Waals surface area contributed by atoms with Crippen LogP contribution in [-0.2, 0) is 14.8 Å². The molecule has 0 saturated carbocycles. The summed E-state index contributed by atoms with van der Waals surface area (Å²) in [6.07, 6.45) is 0. The Kier molecular flexibility index (Phi) is 8.63. The van der Waals surface area contributed by atoms with Crippen molar-refractivity contribution in [2.24, 2.45) is 0 Å². The van der Waals surface area contributed by atoms with Crippen LogP contribution in [0.3, 0.4) is 0 Å². The van der Waals surface area contributed by atoms with E-state index in [4.69, 9.17) is 14.2 Å². The van der Waals surface area contributed by atoms with Crippen LogP contribution in [0.5, 0.6) is 17.2 Å². The summed E-state index contributed by atoms with van der Waals surface area (Å²) >= 11 is 3.39. The Morgan fingerprint density at radius 3 is 2.11 bits per heavy atom. The van der Waals surface area contributed by atoms with E-state index in [2.05, 4.69) is 21.2 Å². The van der Waals surface area contributed by atoms with Crippen LogP contribution >= 0.6 is 15.9 Å². The zero-order valence-electron chi connectivity index (χ0n) is 19.8. The van der Waals surface area contributed by atoms with E-state index in [1.807, 2.05) is 31.2 Å². The summed E-state index contributed by atoms with van der Waals surface area (Å²) in [7, 11) is 0.263. The Labute approximate surface area is 214 Å². The molecule has 35 heavy (non-hydrogen) atoms. The molecule has 1 amide bonds. The fraction of sp³-hybridized carbons (Fsp3) is 0.240. The number of halogens is 1. The van der Waals surface area contributed by atoms with Gasteiger partial charge in [-0.25, -0.2) is 8.42 Å². The van der Waals surface area contributed by atoms with Crippen LogP contribution in [0.1, 0.15) is 18.5 Å². The van der Waals surface area contributed by atoms with Gasteiger partial charge in [0.05, 0.1) is 38.0 Å². The maximum absolute atomic E-state index is 13.7. The van der Waals surface area contributed by atoms with Gasteiger partial charge >= 0.3 is 0 Å². The molecule has 0 heterocycles. The first kappa shape index (κ1) is 26.4. The summed E-state index contributed by atoms with van der Waals surface area (Å²) in [5.74, 6) is 0.755. The number of anilines is 1. The lowest BCUT2D eigenvalue weighted by molar-refractivity contribution is -0.120. The molecule has 0 radical (unpaired) electrons. The molecule has 3 aromatic rings. The van der Waals surface area contributed by atoms with Crippen LogP contribution in [0.25, 0.3) is 0 Å². The van der Waals surface area contributed by atoms with Crippen molar-refractivity contribution < 1.29 is 27.4 Å². The number of amides is 1. The van der Waals surface area contributed by atoms with E-state index in [1.54, 1.807) is 24.3 Å². The Balaban J connectivity index is 1.94. The molecule has 0 bridgehead atoms. The molecule has 0 saturated heterocycles. The van der Waals surface area contributed by atoms with Gasteiger partial charge in [-0.2, -0.15) is 0 Å². The molecule has 0 unspecified atom stereocenters. The van der Waals surface area contributed by atoms with Gasteiger partial charge in [0.1, 0.15) is 12.3 Å². The van der Waals surface area contributed by atoms with Gasteiger partial charge in [-0.15, -0.1) is 0 Å². The monoisotopic (exact) mass is 562 g/mol. The summed E-state index contributed by atoms with van der Waals surface area (Å²) in [5, 5.41) is 2.87. The normalized spacial score (nSPS) is 11.9. The fourth-order valence-corrected chi connectivity index (χ4v) is 5.12. The van der Waals surface area contributed by atoms with Crippen molar-refractivity contribution in [1.82, 2.24) is 5.32 Å². The van der Waals surface area contributed by atoms with Crippen molar-refractivity contribution >= 4 is 37.5 Å². The van der Waals surface area contributed by atoms with E-state index in [-0.39, 0.29) is 16.7 Å². The molecule has 0 spiro atoms. The lowest BCUT2D eigenvalue weighted by Crippen LogP contribution is -2.41. The Morgan fingerprint density at radius 2 is 1.54 bits per heavy atom. The molecule has 0 aliphatic rings. The summed E-state index contributed by atoms with van der Waals surface area (Å²) in [4.78, 5) is 13.0. The van der Waals surface area contributed by atoms with Crippen molar-refractivity contribution in [3.05, 3.63) is 76.8 Å². The summed E-state index contributed by atoms with van der Waals surface area (Å²) < 4.78 is 45.0. The number of benzene rings is 3. The number of carbonyl (C=O) groups excluding carboxylic acids is 1. The van der Waals surface area contributed by atoms with Gasteiger partial charge in [-0.1, -0.05) is 28.1 Å². The number of ether oxygens (including phenoxy) is 3. The van der Waals surface area contributed by atoms with Crippen LogP contribution in [0.4, 0.5) is 5.69 Å². The van der Waals surface area contributed by atoms with Crippen molar-refractivity contribution in [2.75, 3.05) is 32.2 Å². The molecule has 1 N–H and O–H groups in total. The molecule has 1 atom stereocenters. The highest BCUT2D eigenvalue weighted by atomic mass is 79.9. The standard InChI is InChI=1S/C25H27BrN2O6S/c1-17(18-5-7-19(26)8-6-18)27-25(29)16-28(20-9-11-21(32-2)12-10-20)35(30,31)22-13-14-23(33-3)24(15-22)34-4/h5-15,17H,16H2,1-4H3,(H,27,29)/t17-/m1/s1. The first-order chi connectivity index (χ1) is 16.7. The second-order valence-corrected chi connectivity index (χ2v) is 10.3. The minimum Gasteiger partial charge on any atom is -0.497 e. The number of carbonyl (C=O) groups is 1. The van der Waals surface area contributed by atoms with E-state index in [0.29, 0.717) is 17.2 Å². The van der Waals surface area contributed by atoms with Gasteiger partial charge in [0.25, 0.3) is 10.0 Å². The van der Waals surface area contributed by atoms with E-state index < -0.39 is 22.5 Å². The third-order valence-electron chi connectivity index (χ3n) is 5.34.